The summed E-state index contributed by atoms with van der Waals surface area (Å²) in [6.45, 7) is 6.61. The monoisotopic (exact) mass is 305 g/mol. The van der Waals surface area contributed by atoms with Gasteiger partial charge in [-0.1, -0.05) is 6.92 Å². The van der Waals surface area contributed by atoms with Gasteiger partial charge in [-0.2, -0.15) is 0 Å². The maximum atomic E-state index is 12.2. The third-order valence-corrected chi connectivity index (χ3v) is 6.72. The van der Waals surface area contributed by atoms with Crippen LogP contribution in [0.3, 0.4) is 0 Å². The van der Waals surface area contributed by atoms with Crippen LogP contribution in [0, 0.1) is 5.41 Å². The van der Waals surface area contributed by atoms with Crippen LogP contribution in [0.15, 0.2) is 0 Å². The van der Waals surface area contributed by atoms with Crippen molar-refractivity contribution in [3.8, 4) is 0 Å². The van der Waals surface area contributed by atoms with E-state index in [-0.39, 0.29) is 0 Å². The second-order valence-electron chi connectivity index (χ2n) is 8.29. The summed E-state index contributed by atoms with van der Waals surface area (Å²) in [5, 5.41) is 3.76. The average molecular weight is 305 g/mol. The van der Waals surface area contributed by atoms with Crippen LogP contribution in [0.2, 0.25) is 0 Å². The SMILES string of the molecule is CCCN1CC2(CCN(C3CC4CCC(C3)N4)CC2)CC1=O. The summed E-state index contributed by atoms with van der Waals surface area (Å²) in [6.07, 6.45) is 9.86. The summed E-state index contributed by atoms with van der Waals surface area (Å²) in [4.78, 5) is 17.1. The number of nitrogens with one attached hydrogen (secondary N) is 1. The smallest absolute Gasteiger partial charge is 0.223 e. The molecule has 1 spiro atoms. The third kappa shape index (κ3) is 2.69. The molecular weight excluding hydrogens is 274 g/mol. The van der Waals surface area contributed by atoms with Gasteiger partial charge in [0.1, 0.15) is 0 Å². The van der Waals surface area contributed by atoms with Crippen LogP contribution >= 0.6 is 0 Å². The Morgan fingerprint density at radius 2 is 1.86 bits per heavy atom. The molecule has 4 heterocycles. The molecule has 2 atom stereocenters. The molecule has 4 heteroatoms. The van der Waals surface area contributed by atoms with Gasteiger partial charge in [-0.05, 0) is 63.5 Å². The van der Waals surface area contributed by atoms with Gasteiger partial charge in [-0.15, -0.1) is 0 Å². The molecule has 1 amide bonds. The van der Waals surface area contributed by atoms with E-state index in [2.05, 4.69) is 22.0 Å². The molecule has 4 fully saturated rings. The number of hydrogen-bond donors (Lipinski definition) is 1. The Kier molecular flexibility index (Phi) is 3.93. The number of fused-ring (bicyclic) bond motifs is 2. The van der Waals surface area contributed by atoms with Crippen LogP contribution in [0.25, 0.3) is 0 Å². The largest absolute Gasteiger partial charge is 0.342 e. The molecule has 2 unspecified atom stereocenters. The molecule has 4 aliphatic heterocycles. The summed E-state index contributed by atoms with van der Waals surface area (Å²) in [5.41, 5.74) is 0.314. The van der Waals surface area contributed by atoms with Crippen molar-refractivity contribution in [3.05, 3.63) is 0 Å². The number of carbonyl (C=O) groups excluding carboxylic acids is 1. The molecule has 4 aliphatic rings. The van der Waals surface area contributed by atoms with Crippen molar-refractivity contribution >= 4 is 5.91 Å². The predicted octanol–water partition coefficient (Wildman–Crippen LogP) is 1.99. The number of piperidine rings is 2. The Hall–Kier alpha value is -0.610. The summed E-state index contributed by atoms with van der Waals surface area (Å²) in [6, 6.07) is 2.38. The van der Waals surface area contributed by atoms with Gasteiger partial charge in [0.15, 0.2) is 0 Å². The molecule has 4 saturated heterocycles. The summed E-state index contributed by atoms with van der Waals surface area (Å²) in [5.74, 6) is 0.412. The molecule has 0 saturated carbocycles. The Labute approximate surface area is 134 Å². The Bertz CT molecular complexity index is 418. The fourth-order valence-electron chi connectivity index (χ4n) is 5.48. The van der Waals surface area contributed by atoms with Gasteiger partial charge in [0.05, 0.1) is 0 Å². The van der Waals surface area contributed by atoms with Gasteiger partial charge < -0.3 is 15.1 Å². The van der Waals surface area contributed by atoms with Crippen molar-refractivity contribution in [2.24, 2.45) is 5.41 Å². The van der Waals surface area contributed by atoms with Crippen molar-refractivity contribution in [2.45, 2.75) is 76.4 Å². The molecule has 1 N–H and O–H groups in total. The van der Waals surface area contributed by atoms with E-state index in [1.165, 1.54) is 51.6 Å². The molecule has 0 radical (unpaired) electrons. The minimum absolute atomic E-state index is 0.314. The van der Waals surface area contributed by atoms with Crippen molar-refractivity contribution in [1.82, 2.24) is 15.1 Å². The minimum Gasteiger partial charge on any atom is -0.342 e. The Balaban J connectivity index is 1.34. The van der Waals surface area contributed by atoms with Crippen LogP contribution < -0.4 is 5.32 Å². The summed E-state index contributed by atoms with van der Waals surface area (Å²) >= 11 is 0. The first-order valence-electron chi connectivity index (χ1n) is 9.45. The lowest BCUT2D eigenvalue weighted by molar-refractivity contribution is -0.127. The van der Waals surface area contributed by atoms with Gasteiger partial charge in [0, 0.05) is 37.6 Å². The van der Waals surface area contributed by atoms with E-state index < -0.39 is 0 Å². The summed E-state index contributed by atoms with van der Waals surface area (Å²) < 4.78 is 0. The second-order valence-corrected chi connectivity index (χ2v) is 8.29. The van der Waals surface area contributed by atoms with Crippen molar-refractivity contribution in [1.29, 1.82) is 0 Å². The number of amides is 1. The summed E-state index contributed by atoms with van der Waals surface area (Å²) in [7, 11) is 0. The Morgan fingerprint density at radius 3 is 2.50 bits per heavy atom. The highest BCUT2D eigenvalue weighted by Gasteiger charge is 2.46. The molecule has 0 aliphatic carbocycles. The Morgan fingerprint density at radius 1 is 1.18 bits per heavy atom. The highest BCUT2D eigenvalue weighted by atomic mass is 16.2. The lowest BCUT2D eigenvalue weighted by Crippen LogP contribution is -2.52. The van der Waals surface area contributed by atoms with E-state index >= 15 is 0 Å². The van der Waals surface area contributed by atoms with Crippen molar-refractivity contribution in [3.63, 3.8) is 0 Å². The van der Waals surface area contributed by atoms with Gasteiger partial charge in [-0.25, -0.2) is 0 Å². The van der Waals surface area contributed by atoms with Crippen LogP contribution in [-0.2, 0) is 4.79 Å². The van der Waals surface area contributed by atoms with Gasteiger partial charge >= 0.3 is 0 Å². The van der Waals surface area contributed by atoms with Crippen LogP contribution in [0.5, 0.6) is 0 Å². The maximum absolute atomic E-state index is 12.2. The van der Waals surface area contributed by atoms with Gasteiger partial charge in [0.25, 0.3) is 0 Å². The molecule has 22 heavy (non-hydrogen) atoms. The fourth-order valence-corrected chi connectivity index (χ4v) is 5.48. The second kappa shape index (κ2) is 5.79. The third-order valence-electron chi connectivity index (χ3n) is 6.72. The van der Waals surface area contributed by atoms with E-state index in [0.29, 0.717) is 11.3 Å². The topological polar surface area (TPSA) is 35.6 Å². The highest BCUT2D eigenvalue weighted by molar-refractivity contribution is 5.79. The highest BCUT2D eigenvalue weighted by Crippen LogP contribution is 2.42. The molecule has 4 rings (SSSR count). The van der Waals surface area contributed by atoms with Crippen molar-refractivity contribution < 1.29 is 4.79 Å². The van der Waals surface area contributed by atoms with E-state index in [0.717, 1.165) is 44.1 Å². The number of nitrogens with zero attached hydrogens (tertiary/aromatic N) is 2. The zero-order chi connectivity index (χ0) is 15.2. The number of rotatable bonds is 3. The van der Waals surface area contributed by atoms with Crippen LogP contribution in [0.4, 0.5) is 0 Å². The van der Waals surface area contributed by atoms with Gasteiger partial charge in [-0.3, -0.25) is 4.79 Å². The quantitative estimate of drug-likeness (QED) is 0.866. The van der Waals surface area contributed by atoms with E-state index in [1.54, 1.807) is 0 Å². The normalized spacial score (nSPS) is 38.1. The van der Waals surface area contributed by atoms with E-state index in [4.69, 9.17) is 0 Å². The van der Waals surface area contributed by atoms with Crippen LogP contribution in [-0.4, -0.2) is 60.0 Å². The molecule has 0 aromatic rings. The number of carbonyl (C=O) groups is 1. The lowest BCUT2D eigenvalue weighted by atomic mass is 9.77. The minimum atomic E-state index is 0.314. The van der Waals surface area contributed by atoms with Gasteiger partial charge in [0.2, 0.25) is 5.91 Å². The fraction of sp³-hybridized carbons (Fsp3) is 0.944. The number of likely N-dealkylation sites (tertiary alicyclic amines) is 2. The first kappa shape index (κ1) is 14.9. The predicted molar refractivity (Wildman–Crippen MR) is 87.7 cm³/mol. The van der Waals surface area contributed by atoms with E-state index in [1.807, 2.05) is 0 Å². The lowest BCUT2D eigenvalue weighted by Gasteiger charge is -2.44. The number of hydrogen-bond acceptors (Lipinski definition) is 3. The first-order chi connectivity index (χ1) is 10.7. The molecule has 4 nitrogen and oxygen atoms in total. The molecular formula is C18H31N3O. The zero-order valence-corrected chi connectivity index (χ0v) is 14.0. The standard InChI is InChI=1S/C18H31N3O/c1-2-7-21-13-18(12-17(21)22)5-8-20(9-6-18)16-10-14-3-4-15(11-16)19-14/h14-16,19H,2-13H2,1H3. The zero-order valence-electron chi connectivity index (χ0n) is 14.0. The average Bonchev–Trinajstić information content (AvgIpc) is 3.00. The van der Waals surface area contributed by atoms with E-state index in [9.17, 15) is 4.79 Å². The van der Waals surface area contributed by atoms with Crippen LogP contribution in [0.1, 0.15) is 58.3 Å². The first-order valence-corrected chi connectivity index (χ1v) is 9.45. The maximum Gasteiger partial charge on any atom is 0.223 e. The molecule has 0 aromatic heterocycles. The molecule has 0 aromatic carbocycles. The molecule has 2 bridgehead atoms. The molecule has 124 valence electrons. The van der Waals surface area contributed by atoms with Crippen molar-refractivity contribution in [2.75, 3.05) is 26.2 Å².